The Bertz CT molecular complexity index is 560. The van der Waals surface area contributed by atoms with Crippen LogP contribution in [0.4, 0.5) is 10.1 Å². The van der Waals surface area contributed by atoms with Crippen molar-refractivity contribution in [1.29, 1.82) is 0 Å². The lowest BCUT2D eigenvalue weighted by Gasteiger charge is -2.17. The van der Waals surface area contributed by atoms with E-state index in [-0.39, 0.29) is 11.9 Å². The zero-order valence-electron chi connectivity index (χ0n) is 12.8. The minimum absolute atomic E-state index is 0.189. The second kappa shape index (κ2) is 7.11. The number of anilines is 1. The fourth-order valence-corrected chi connectivity index (χ4v) is 2.31. The first-order valence-corrected chi connectivity index (χ1v) is 7.24. The topological polar surface area (TPSA) is 21.3 Å². The lowest BCUT2D eigenvalue weighted by molar-refractivity contribution is 0.414. The Hall–Kier alpha value is -2.03. The molecule has 0 spiro atoms. The van der Waals surface area contributed by atoms with Crippen LogP contribution in [0.5, 0.6) is 5.75 Å². The number of aryl methyl sites for hydroxylation is 2. The zero-order chi connectivity index (χ0) is 15.2. The van der Waals surface area contributed by atoms with Crippen molar-refractivity contribution in [3.05, 3.63) is 59.4 Å². The van der Waals surface area contributed by atoms with Gasteiger partial charge in [-0.3, -0.25) is 0 Å². The third-order valence-corrected chi connectivity index (χ3v) is 3.64. The fourth-order valence-electron chi connectivity index (χ4n) is 2.31. The van der Waals surface area contributed by atoms with Gasteiger partial charge in [-0.1, -0.05) is 24.3 Å². The first-order chi connectivity index (χ1) is 10.1. The smallest absolute Gasteiger partial charge is 0.146 e. The molecule has 0 saturated carbocycles. The summed E-state index contributed by atoms with van der Waals surface area (Å²) in [5.74, 6) is 0.679. The number of ether oxygens (including phenoxy) is 1. The van der Waals surface area contributed by atoms with Crippen molar-refractivity contribution in [2.45, 2.75) is 32.7 Å². The van der Waals surface area contributed by atoms with Gasteiger partial charge in [0, 0.05) is 6.04 Å². The predicted octanol–water partition coefficient (Wildman–Crippen LogP) is 4.58. The predicted molar refractivity (Wildman–Crippen MR) is 85.5 cm³/mol. The van der Waals surface area contributed by atoms with Crippen LogP contribution >= 0.6 is 0 Å². The van der Waals surface area contributed by atoms with Crippen LogP contribution in [0.1, 0.15) is 24.5 Å². The molecule has 0 bridgehead atoms. The molecule has 1 atom stereocenters. The van der Waals surface area contributed by atoms with Crippen LogP contribution in [0, 0.1) is 12.7 Å². The second-order valence-corrected chi connectivity index (χ2v) is 5.36. The summed E-state index contributed by atoms with van der Waals surface area (Å²) in [6.45, 7) is 4.00. The van der Waals surface area contributed by atoms with Gasteiger partial charge in [-0.2, -0.15) is 0 Å². The molecular formula is C18H22FNO. The number of halogens is 1. The molecular weight excluding hydrogens is 265 g/mol. The molecule has 2 aromatic rings. The summed E-state index contributed by atoms with van der Waals surface area (Å²) in [5.41, 5.74) is 2.81. The Morgan fingerprint density at radius 1 is 1.14 bits per heavy atom. The Balaban J connectivity index is 1.91. The average Bonchev–Trinajstić information content (AvgIpc) is 2.49. The average molecular weight is 287 g/mol. The van der Waals surface area contributed by atoms with E-state index in [1.165, 1.54) is 11.6 Å². The van der Waals surface area contributed by atoms with Crippen molar-refractivity contribution in [2.75, 3.05) is 12.4 Å². The summed E-state index contributed by atoms with van der Waals surface area (Å²) >= 11 is 0. The molecule has 2 aromatic carbocycles. The van der Waals surface area contributed by atoms with Gasteiger partial charge in [-0.15, -0.1) is 0 Å². The molecule has 0 saturated heterocycles. The number of methoxy groups -OCH3 is 1. The standard InChI is InChI=1S/C18H22FNO/c1-13-5-4-6-17(19)18(13)20-14(2)7-8-15-9-11-16(21-3)12-10-15/h4-6,9-12,14,20H,7-8H2,1-3H3. The number of hydrogen-bond acceptors (Lipinski definition) is 2. The fraction of sp³-hybridized carbons (Fsp3) is 0.333. The molecule has 0 heterocycles. The first kappa shape index (κ1) is 15.4. The number of para-hydroxylation sites is 1. The molecule has 0 radical (unpaired) electrons. The number of benzene rings is 2. The second-order valence-electron chi connectivity index (χ2n) is 5.36. The molecule has 1 unspecified atom stereocenters. The van der Waals surface area contributed by atoms with Crippen LogP contribution in [0.2, 0.25) is 0 Å². The molecule has 3 heteroatoms. The van der Waals surface area contributed by atoms with Crippen molar-refractivity contribution in [2.24, 2.45) is 0 Å². The van der Waals surface area contributed by atoms with Gasteiger partial charge in [0.15, 0.2) is 0 Å². The summed E-state index contributed by atoms with van der Waals surface area (Å²) in [6.07, 6.45) is 1.89. The molecule has 21 heavy (non-hydrogen) atoms. The number of nitrogens with one attached hydrogen (secondary N) is 1. The van der Waals surface area contributed by atoms with Gasteiger partial charge in [0.1, 0.15) is 11.6 Å². The van der Waals surface area contributed by atoms with Crippen molar-refractivity contribution in [1.82, 2.24) is 0 Å². The summed E-state index contributed by atoms with van der Waals surface area (Å²) < 4.78 is 18.9. The Morgan fingerprint density at radius 2 is 1.86 bits per heavy atom. The number of hydrogen-bond donors (Lipinski definition) is 1. The third kappa shape index (κ3) is 4.22. The van der Waals surface area contributed by atoms with E-state index in [0.29, 0.717) is 5.69 Å². The van der Waals surface area contributed by atoms with Crippen molar-refractivity contribution < 1.29 is 9.13 Å². The lowest BCUT2D eigenvalue weighted by atomic mass is 10.1. The van der Waals surface area contributed by atoms with Crippen LogP contribution in [0.3, 0.4) is 0 Å². The van der Waals surface area contributed by atoms with E-state index >= 15 is 0 Å². The van der Waals surface area contributed by atoms with Gasteiger partial charge >= 0.3 is 0 Å². The first-order valence-electron chi connectivity index (χ1n) is 7.24. The molecule has 0 fully saturated rings. The molecule has 2 nitrogen and oxygen atoms in total. The van der Waals surface area contributed by atoms with Crippen LogP contribution in [0.25, 0.3) is 0 Å². The summed E-state index contributed by atoms with van der Waals surface area (Å²) in [7, 11) is 1.66. The molecule has 0 aliphatic heterocycles. The highest BCUT2D eigenvalue weighted by Crippen LogP contribution is 2.21. The normalized spacial score (nSPS) is 12.0. The van der Waals surface area contributed by atoms with Gasteiger partial charge in [0.05, 0.1) is 12.8 Å². The largest absolute Gasteiger partial charge is 0.497 e. The highest BCUT2D eigenvalue weighted by atomic mass is 19.1. The van der Waals surface area contributed by atoms with E-state index in [4.69, 9.17) is 4.74 Å². The van der Waals surface area contributed by atoms with Gasteiger partial charge in [-0.05, 0) is 56.0 Å². The van der Waals surface area contributed by atoms with E-state index < -0.39 is 0 Å². The molecule has 0 aromatic heterocycles. The van der Waals surface area contributed by atoms with Crippen LogP contribution < -0.4 is 10.1 Å². The van der Waals surface area contributed by atoms with Gasteiger partial charge in [-0.25, -0.2) is 4.39 Å². The zero-order valence-corrected chi connectivity index (χ0v) is 12.8. The van der Waals surface area contributed by atoms with Crippen LogP contribution in [-0.4, -0.2) is 13.2 Å². The van der Waals surface area contributed by atoms with Gasteiger partial charge in [0.2, 0.25) is 0 Å². The van der Waals surface area contributed by atoms with Crippen LogP contribution in [-0.2, 0) is 6.42 Å². The van der Waals surface area contributed by atoms with Gasteiger partial charge < -0.3 is 10.1 Å². The molecule has 0 amide bonds. The maximum Gasteiger partial charge on any atom is 0.146 e. The van der Waals surface area contributed by atoms with Crippen molar-refractivity contribution >= 4 is 5.69 Å². The Labute approximate surface area is 126 Å². The molecule has 1 N–H and O–H groups in total. The van der Waals surface area contributed by atoms with E-state index in [1.54, 1.807) is 13.2 Å². The Kier molecular flexibility index (Phi) is 5.20. The monoisotopic (exact) mass is 287 g/mol. The van der Waals surface area contributed by atoms with E-state index in [1.807, 2.05) is 25.1 Å². The summed E-state index contributed by atoms with van der Waals surface area (Å²) in [5, 5.41) is 3.27. The lowest BCUT2D eigenvalue weighted by Crippen LogP contribution is -2.17. The highest BCUT2D eigenvalue weighted by Gasteiger charge is 2.09. The molecule has 112 valence electrons. The Morgan fingerprint density at radius 3 is 2.48 bits per heavy atom. The minimum Gasteiger partial charge on any atom is -0.497 e. The third-order valence-electron chi connectivity index (χ3n) is 3.64. The van der Waals surface area contributed by atoms with E-state index in [9.17, 15) is 4.39 Å². The van der Waals surface area contributed by atoms with Gasteiger partial charge in [0.25, 0.3) is 0 Å². The maximum absolute atomic E-state index is 13.8. The number of rotatable bonds is 6. The van der Waals surface area contributed by atoms with E-state index in [2.05, 4.69) is 24.4 Å². The SMILES string of the molecule is COc1ccc(CCC(C)Nc2c(C)cccc2F)cc1. The maximum atomic E-state index is 13.8. The van der Waals surface area contributed by atoms with Crippen molar-refractivity contribution in [3.63, 3.8) is 0 Å². The molecule has 2 rings (SSSR count). The highest BCUT2D eigenvalue weighted by molar-refractivity contribution is 5.52. The quantitative estimate of drug-likeness (QED) is 0.840. The summed E-state index contributed by atoms with van der Waals surface area (Å²) in [4.78, 5) is 0. The summed E-state index contributed by atoms with van der Waals surface area (Å²) in [6, 6.07) is 13.4. The molecule has 0 aliphatic carbocycles. The molecule has 0 aliphatic rings. The minimum atomic E-state index is -0.189. The van der Waals surface area contributed by atoms with Crippen LogP contribution in [0.15, 0.2) is 42.5 Å². The van der Waals surface area contributed by atoms with E-state index in [0.717, 1.165) is 24.2 Å². The van der Waals surface area contributed by atoms with Crippen molar-refractivity contribution in [3.8, 4) is 5.75 Å².